The molecule has 0 aliphatic heterocycles. The molecule has 0 saturated heterocycles. The molecule has 0 aromatic carbocycles. The van der Waals surface area contributed by atoms with Crippen LogP contribution in [0.1, 0.15) is 58.8 Å². The number of rotatable bonds is 2. The number of fused-ring (bicyclic) bond motifs is 5. The molecule has 6 atom stereocenters. The van der Waals surface area contributed by atoms with E-state index in [-0.39, 0.29) is 22.7 Å². The molecular weight excluding hydrogens is 350 g/mol. The number of allylic oxidation sites excluding steroid dienone is 1. The van der Waals surface area contributed by atoms with Gasteiger partial charge in [0.2, 0.25) is 0 Å². The van der Waals surface area contributed by atoms with Crippen molar-refractivity contribution in [2.45, 2.75) is 64.9 Å². The average molecular weight is 380 g/mol. The highest BCUT2D eigenvalue weighted by Crippen LogP contribution is 2.65. The molecule has 0 radical (unpaired) electrons. The summed E-state index contributed by atoms with van der Waals surface area (Å²) in [5, 5.41) is 5.67. The van der Waals surface area contributed by atoms with Crippen LogP contribution in [-0.2, 0) is 18.6 Å². The molecule has 0 aromatic heterocycles. The van der Waals surface area contributed by atoms with Gasteiger partial charge in [-0.15, -0.1) is 0 Å². The van der Waals surface area contributed by atoms with Gasteiger partial charge in [0.05, 0.1) is 18.3 Å². The predicted molar refractivity (Wildman–Crippen MR) is 101 cm³/mol. The lowest BCUT2D eigenvalue weighted by Gasteiger charge is -2.59. The van der Waals surface area contributed by atoms with E-state index in [9.17, 15) is 9.59 Å². The zero-order valence-corrected chi connectivity index (χ0v) is 16.5. The Kier molecular flexibility index (Phi) is 5.48. The molecule has 6 heteroatoms. The lowest BCUT2D eigenvalue weighted by Crippen LogP contribution is -2.57. The van der Waals surface area contributed by atoms with E-state index in [1.165, 1.54) is 5.57 Å². The minimum Gasteiger partial charge on any atom is -0.307 e. The molecule has 144 valence electrons. The van der Waals surface area contributed by atoms with Gasteiger partial charge in [-0.2, -0.15) is 0 Å². The molecule has 0 heterocycles. The SMILES string of the molecule is C=O.CC12CC(OSN)C3C(CCC4=CC(=O)CCC43C)C1CCC2=O. The van der Waals surface area contributed by atoms with Crippen LogP contribution < -0.4 is 5.14 Å². The van der Waals surface area contributed by atoms with Crippen LogP contribution in [0.4, 0.5) is 0 Å². The summed E-state index contributed by atoms with van der Waals surface area (Å²) in [6.45, 7) is 6.47. The standard InChI is InChI=1S/C19H27NO3S.CH2O/c1-18-8-7-12(21)9-11(18)3-4-13-14-5-6-16(22)19(14,2)10-15(17(13)18)23-24-20;1-2/h9,13-15,17H,3-8,10,20H2,1-2H3;1H2. The molecule has 4 rings (SSSR count). The summed E-state index contributed by atoms with van der Waals surface area (Å²) < 4.78 is 5.95. The number of carbonyl (C=O) groups excluding carboxylic acids is 3. The van der Waals surface area contributed by atoms with Crippen molar-refractivity contribution in [3.8, 4) is 0 Å². The topological polar surface area (TPSA) is 86.5 Å². The van der Waals surface area contributed by atoms with Crippen LogP contribution in [-0.4, -0.2) is 24.5 Å². The number of hydrogen-bond acceptors (Lipinski definition) is 6. The van der Waals surface area contributed by atoms with Gasteiger partial charge in [0, 0.05) is 18.3 Å². The highest BCUT2D eigenvalue weighted by molar-refractivity contribution is 7.92. The molecule has 5 nitrogen and oxygen atoms in total. The molecule has 0 amide bonds. The molecule has 0 aromatic rings. The maximum atomic E-state index is 12.6. The summed E-state index contributed by atoms with van der Waals surface area (Å²) in [6, 6.07) is 0. The molecule has 4 aliphatic rings. The fourth-order valence-electron chi connectivity index (χ4n) is 6.58. The Bertz CT molecular complexity index is 635. The first-order chi connectivity index (χ1) is 12.4. The number of carbonyl (C=O) groups is 3. The molecule has 2 N–H and O–H groups in total. The van der Waals surface area contributed by atoms with Crippen LogP contribution in [0.2, 0.25) is 0 Å². The van der Waals surface area contributed by atoms with Crippen LogP contribution in [0.3, 0.4) is 0 Å². The van der Waals surface area contributed by atoms with E-state index in [0.717, 1.165) is 44.3 Å². The Morgan fingerprint density at radius 2 is 1.88 bits per heavy atom. The molecule has 26 heavy (non-hydrogen) atoms. The van der Waals surface area contributed by atoms with Crippen LogP contribution in [0.25, 0.3) is 0 Å². The molecule has 0 spiro atoms. The second kappa shape index (κ2) is 7.21. The van der Waals surface area contributed by atoms with Gasteiger partial charge >= 0.3 is 0 Å². The second-order valence-corrected chi connectivity index (χ2v) is 9.09. The number of Topliss-reactive ketones (excluding diaryl/α,β-unsaturated/α-hetero) is 1. The van der Waals surface area contributed by atoms with Crippen LogP contribution in [0.5, 0.6) is 0 Å². The largest absolute Gasteiger partial charge is 0.307 e. The first-order valence-electron chi connectivity index (χ1n) is 9.48. The van der Waals surface area contributed by atoms with Gasteiger partial charge in [0.25, 0.3) is 0 Å². The minimum atomic E-state index is -0.246. The van der Waals surface area contributed by atoms with Crippen LogP contribution in [0, 0.1) is 28.6 Å². The summed E-state index contributed by atoms with van der Waals surface area (Å²) in [7, 11) is 0. The van der Waals surface area contributed by atoms with E-state index in [0.29, 0.717) is 36.4 Å². The molecule has 3 saturated carbocycles. The van der Waals surface area contributed by atoms with E-state index in [2.05, 4.69) is 13.8 Å². The van der Waals surface area contributed by atoms with E-state index >= 15 is 0 Å². The third-order valence-electron chi connectivity index (χ3n) is 7.76. The molecular formula is C20H29NO4S. The van der Waals surface area contributed by atoms with Crippen LogP contribution in [0.15, 0.2) is 11.6 Å². The van der Waals surface area contributed by atoms with Crippen molar-refractivity contribution in [1.29, 1.82) is 0 Å². The fourth-order valence-corrected chi connectivity index (χ4v) is 6.91. The minimum absolute atomic E-state index is 0.00444. The molecule has 0 bridgehead atoms. The molecule has 6 unspecified atom stereocenters. The molecule has 3 fully saturated rings. The Morgan fingerprint density at radius 3 is 2.58 bits per heavy atom. The maximum absolute atomic E-state index is 12.6. The summed E-state index contributed by atoms with van der Waals surface area (Å²) >= 11 is 0.939. The zero-order valence-electron chi connectivity index (χ0n) is 15.7. The Labute approximate surface area is 159 Å². The van der Waals surface area contributed by atoms with Gasteiger partial charge in [-0.1, -0.05) is 19.4 Å². The Balaban J connectivity index is 0.000000948. The van der Waals surface area contributed by atoms with Crippen molar-refractivity contribution in [3.05, 3.63) is 11.6 Å². The lowest BCUT2D eigenvalue weighted by molar-refractivity contribution is -0.142. The summed E-state index contributed by atoms with van der Waals surface area (Å²) in [5.74, 6) is 2.01. The Morgan fingerprint density at radius 1 is 1.15 bits per heavy atom. The fraction of sp³-hybridized carbons (Fsp3) is 0.750. The normalized spacial score (nSPS) is 44.2. The van der Waals surface area contributed by atoms with Crippen molar-refractivity contribution in [3.63, 3.8) is 0 Å². The number of hydrogen-bond donors (Lipinski definition) is 1. The average Bonchev–Trinajstić information content (AvgIpc) is 2.92. The first-order valence-corrected chi connectivity index (χ1v) is 10.3. The third kappa shape index (κ3) is 2.81. The van der Waals surface area contributed by atoms with Gasteiger partial charge in [-0.3, -0.25) is 18.9 Å². The summed E-state index contributed by atoms with van der Waals surface area (Å²) in [5.41, 5.74) is 1.08. The van der Waals surface area contributed by atoms with Gasteiger partial charge in [-0.05, 0) is 61.3 Å². The van der Waals surface area contributed by atoms with E-state index < -0.39 is 0 Å². The monoisotopic (exact) mass is 379 g/mol. The highest BCUT2D eigenvalue weighted by Gasteiger charge is 2.62. The predicted octanol–water partition coefficient (Wildman–Crippen LogP) is 3.42. The van der Waals surface area contributed by atoms with Crippen molar-refractivity contribution >= 4 is 30.6 Å². The van der Waals surface area contributed by atoms with Crippen LogP contribution >= 0.6 is 12.2 Å². The third-order valence-corrected chi connectivity index (χ3v) is 8.12. The van der Waals surface area contributed by atoms with E-state index in [4.69, 9.17) is 14.1 Å². The van der Waals surface area contributed by atoms with Gasteiger partial charge in [-0.25, -0.2) is 0 Å². The second-order valence-electron chi connectivity index (χ2n) is 8.70. The van der Waals surface area contributed by atoms with Crippen molar-refractivity contribution in [1.82, 2.24) is 0 Å². The van der Waals surface area contributed by atoms with Gasteiger partial charge in [0.1, 0.15) is 12.6 Å². The summed E-state index contributed by atoms with van der Waals surface area (Å²) in [6.07, 6.45) is 8.01. The number of ketones is 2. The highest BCUT2D eigenvalue weighted by atomic mass is 32.2. The lowest BCUT2D eigenvalue weighted by atomic mass is 9.46. The van der Waals surface area contributed by atoms with Gasteiger partial charge < -0.3 is 4.79 Å². The van der Waals surface area contributed by atoms with Crippen molar-refractivity contribution in [2.75, 3.05) is 0 Å². The quantitative estimate of drug-likeness (QED) is 0.584. The zero-order chi connectivity index (χ0) is 19.1. The smallest absolute Gasteiger partial charge is 0.155 e. The molecule has 4 aliphatic carbocycles. The van der Waals surface area contributed by atoms with E-state index in [1.54, 1.807) is 0 Å². The van der Waals surface area contributed by atoms with Crippen molar-refractivity contribution in [2.24, 2.45) is 33.7 Å². The van der Waals surface area contributed by atoms with Gasteiger partial charge in [0.15, 0.2) is 5.78 Å². The maximum Gasteiger partial charge on any atom is 0.155 e. The summed E-state index contributed by atoms with van der Waals surface area (Å²) in [4.78, 5) is 32.5. The Hall–Kier alpha value is -0.980. The van der Waals surface area contributed by atoms with Crippen molar-refractivity contribution < 1.29 is 18.6 Å². The van der Waals surface area contributed by atoms with E-state index in [1.807, 2.05) is 12.9 Å². The first kappa shape index (κ1) is 19.8. The number of nitrogens with two attached hydrogens (primary N) is 1.